The van der Waals surface area contributed by atoms with Crippen molar-refractivity contribution in [2.45, 2.75) is 45.1 Å². The van der Waals surface area contributed by atoms with Crippen molar-refractivity contribution in [2.24, 2.45) is 0 Å². The summed E-state index contributed by atoms with van der Waals surface area (Å²) in [4.78, 5) is 39.3. The fraction of sp³-hybridized carbons (Fsp3) is 0.360. The Morgan fingerprint density at radius 1 is 1.06 bits per heavy atom. The van der Waals surface area contributed by atoms with Crippen molar-refractivity contribution < 1.29 is 19.1 Å². The van der Waals surface area contributed by atoms with Crippen LogP contribution in [0.5, 0.6) is 5.75 Å². The molecule has 0 bridgehead atoms. The second kappa shape index (κ2) is 12.5. The van der Waals surface area contributed by atoms with Gasteiger partial charge in [0.2, 0.25) is 5.91 Å². The van der Waals surface area contributed by atoms with Gasteiger partial charge in [-0.05, 0) is 67.2 Å². The molecule has 1 unspecified atom stereocenters. The Hall–Kier alpha value is -3.17. The van der Waals surface area contributed by atoms with Gasteiger partial charge >= 0.3 is 0 Å². The van der Waals surface area contributed by atoms with Crippen LogP contribution in [0.2, 0.25) is 5.02 Å². The monoisotopic (exact) mass is 516 g/mol. The van der Waals surface area contributed by atoms with Crippen molar-refractivity contribution in [3.05, 3.63) is 59.1 Å². The molecule has 3 rings (SSSR count). The number of nitrogens with zero attached hydrogens (tertiary/aromatic N) is 2. The number of thiocarbonyl (C=S) groups is 1. The molecule has 10 heteroatoms. The molecular formula is C25H29ClN4O4S. The van der Waals surface area contributed by atoms with E-state index in [9.17, 15) is 14.4 Å². The molecule has 1 atom stereocenters. The number of benzene rings is 2. The van der Waals surface area contributed by atoms with Gasteiger partial charge in [-0.25, -0.2) is 5.01 Å². The van der Waals surface area contributed by atoms with E-state index >= 15 is 0 Å². The lowest BCUT2D eigenvalue weighted by Crippen LogP contribution is -2.49. The number of nitrogens with one attached hydrogen (secondary N) is 2. The Morgan fingerprint density at radius 2 is 1.74 bits per heavy atom. The molecule has 0 saturated carbocycles. The summed E-state index contributed by atoms with van der Waals surface area (Å²) in [6.45, 7) is 2.82. The van der Waals surface area contributed by atoms with Gasteiger partial charge in [0.05, 0.1) is 13.0 Å². The fourth-order valence-electron chi connectivity index (χ4n) is 3.54. The molecule has 3 amide bonds. The molecule has 0 radical (unpaired) electrons. The molecule has 1 heterocycles. The first-order valence-corrected chi connectivity index (χ1v) is 12.3. The first-order chi connectivity index (χ1) is 16.8. The Labute approximate surface area is 215 Å². The number of amides is 3. The second-order valence-corrected chi connectivity index (χ2v) is 9.00. The van der Waals surface area contributed by atoms with Crippen LogP contribution in [-0.4, -0.2) is 52.4 Å². The summed E-state index contributed by atoms with van der Waals surface area (Å²) in [5.41, 5.74) is 3.55. The summed E-state index contributed by atoms with van der Waals surface area (Å²) < 4.78 is 5.72. The summed E-state index contributed by atoms with van der Waals surface area (Å²) in [5.74, 6) is -0.509. The first-order valence-electron chi connectivity index (χ1n) is 11.5. The smallest absolute Gasteiger partial charge is 0.269 e. The number of carbonyl (C=O) groups excluding carboxylic acids is 3. The number of carbonyl (C=O) groups is 3. The molecular weight excluding hydrogens is 488 g/mol. The number of halogens is 1. The van der Waals surface area contributed by atoms with Gasteiger partial charge in [0.1, 0.15) is 11.8 Å². The molecule has 8 nitrogen and oxygen atoms in total. The van der Waals surface area contributed by atoms with Crippen molar-refractivity contribution in [3.8, 4) is 5.75 Å². The van der Waals surface area contributed by atoms with Gasteiger partial charge in [-0.3, -0.25) is 24.7 Å². The molecule has 2 aromatic rings. The van der Waals surface area contributed by atoms with E-state index in [-0.39, 0.29) is 23.3 Å². The summed E-state index contributed by atoms with van der Waals surface area (Å²) in [6.07, 6.45) is 4.32. The number of hydrogen-bond acceptors (Lipinski definition) is 5. The van der Waals surface area contributed by atoms with Crippen LogP contribution < -0.4 is 15.5 Å². The molecule has 186 valence electrons. The molecule has 0 aromatic heterocycles. The summed E-state index contributed by atoms with van der Waals surface area (Å²) in [6, 6.07) is 12.4. The highest BCUT2D eigenvalue weighted by molar-refractivity contribution is 7.80. The zero-order chi connectivity index (χ0) is 25.4. The van der Waals surface area contributed by atoms with Crippen molar-refractivity contribution in [1.29, 1.82) is 0 Å². The topological polar surface area (TPSA) is 91.0 Å². The van der Waals surface area contributed by atoms with Crippen molar-refractivity contribution >= 4 is 52.3 Å². The van der Waals surface area contributed by atoms with Gasteiger partial charge < -0.3 is 10.1 Å². The molecule has 1 aliphatic rings. The van der Waals surface area contributed by atoms with Gasteiger partial charge in [-0.15, -0.1) is 0 Å². The second-order valence-electron chi connectivity index (χ2n) is 8.20. The average molecular weight is 517 g/mol. The molecule has 1 aliphatic heterocycles. The molecule has 1 saturated heterocycles. The minimum Gasteiger partial charge on any atom is -0.494 e. The Bertz CT molecular complexity index is 1060. The average Bonchev–Trinajstić information content (AvgIpc) is 3.04. The summed E-state index contributed by atoms with van der Waals surface area (Å²) >= 11 is 11.2. The van der Waals surface area contributed by atoms with Crippen molar-refractivity contribution in [3.63, 3.8) is 0 Å². The van der Waals surface area contributed by atoms with E-state index in [1.54, 1.807) is 48.5 Å². The maximum absolute atomic E-state index is 12.7. The standard InChI is InChI=1S/C25H29ClN4O4S/c1-3-4-5-6-15-34-20-13-11-19(12-14-20)27-22(31)16-21-24(33)29(2)25(35)30(21)28-23(32)17-7-9-18(26)10-8-17/h7-14,21H,3-6,15-16H2,1-2H3,(H,27,31)(H,28,32). The van der Waals surface area contributed by atoms with Gasteiger partial charge in [-0.2, -0.15) is 0 Å². The maximum atomic E-state index is 12.7. The van der Waals surface area contributed by atoms with Crippen LogP contribution in [0, 0.1) is 0 Å². The number of rotatable bonds is 11. The molecule has 0 spiro atoms. The molecule has 35 heavy (non-hydrogen) atoms. The highest BCUT2D eigenvalue weighted by Gasteiger charge is 2.42. The lowest BCUT2D eigenvalue weighted by Gasteiger charge is -2.24. The van der Waals surface area contributed by atoms with Crippen LogP contribution >= 0.6 is 23.8 Å². The summed E-state index contributed by atoms with van der Waals surface area (Å²) in [5, 5.41) is 4.63. The van der Waals surface area contributed by atoms with E-state index in [0.717, 1.165) is 18.6 Å². The first kappa shape index (κ1) is 26.4. The van der Waals surface area contributed by atoms with Gasteiger partial charge in [0, 0.05) is 23.3 Å². The zero-order valence-electron chi connectivity index (χ0n) is 19.8. The maximum Gasteiger partial charge on any atom is 0.269 e. The van der Waals surface area contributed by atoms with Crippen molar-refractivity contribution in [1.82, 2.24) is 15.3 Å². The Morgan fingerprint density at radius 3 is 2.40 bits per heavy atom. The quantitative estimate of drug-likeness (QED) is 0.340. The molecule has 2 aromatic carbocycles. The normalized spacial score (nSPS) is 15.3. The molecule has 1 fully saturated rings. The number of ether oxygens (including phenoxy) is 1. The predicted molar refractivity (Wildman–Crippen MR) is 139 cm³/mol. The predicted octanol–water partition coefficient (Wildman–Crippen LogP) is 4.40. The van der Waals surface area contributed by atoms with Gasteiger partial charge in [0.25, 0.3) is 11.8 Å². The Balaban J connectivity index is 1.57. The van der Waals surface area contributed by atoms with Crippen LogP contribution in [0.15, 0.2) is 48.5 Å². The lowest BCUT2D eigenvalue weighted by atomic mass is 10.2. The Kier molecular flexibility index (Phi) is 9.45. The van der Waals surface area contributed by atoms with Crippen molar-refractivity contribution in [2.75, 3.05) is 19.0 Å². The summed E-state index contributed by atoms with van der Waals surface area (Å²) in [7, 11) is 1.50. The van der Waals surface area contributed by atoms with Gasteiger partial charge in [0.15, 0.2) is 5.11 Å². The number of hydrogen-bond donors (Lipinski definition) is 2. The molecule has 0 aliphatic carbocycles. The van der Waals surface area contributed by atoms with Gasteiger partial charge in [-0.1, -0.05) is 37.8 Å². The van der Waals surface area contributed by atoms with Crippen LogP contribution in [-0.2, 0) is 9.59 Å². The zero-order valence-corrected chi connectivity index (χ0v) is 21.3. The van der Waals surface area contributed by atoms with Crippen LogP contribution in [0.3, 0.4) is 0 Å². The number of anilines is 1. The van der Waals surface area contributed by atoms with E-state index in [2.05, 4.69) is 17.7 Å². The third kappa shape index (κ3) is 7.16. The number of unbranched alkanes of at least 4 members (excludes halogenated alkanes) is 3. The third-order valence-electron chi connectivity index (χ3n) is 5.53. The highest BCUT2D eigenvalue weighted by Crippen LogP contribution is 2.20. The largest absolute Gasteiger partial charge is 0.494 e. The lowest BCUT2D eigenvalue weighted by molar-refractivity contribution is -0.130. The SMILES string of the molecule is CCCCCCOc1ccc(NC(=O)CC2C(=O)N(C)C(=S)N2NC(=O)c2ccc(Cl)cc2)cc1. The van der Waals surface area contributed by atoms with Crippen LogP contribution in [0.4, 0.5) is 5.69 Å². The van der Waals surface area contributed by atoms with E-state index in [0.29, 0.717) is 22.9 Å². The molecule has 2 N–H and O–H groups in total. The fourth-order valence-corrected chi connectivity index (χ4v) is 3.93. The van der Waals surface area contributed by atoms with E-state index in [4.69, 9.17) is 28.6 Å². The minimum atomic E-state index is -0.963. The van der Waals surface area contributed by atoms with E-state index in [1.165, 1.54) is 29.8 Å². The highest BCUT2D eigenvalue weighted by atomic mass is 35.5. The third-order valence-corrected chi connectivity index (χ3v) is 6.25. The van der Waals surface area contributed by atoms with Crippen LogP contribution in [0.1, 0.15) is 49.4 Å². The van der Waals surface area contributed by atoms with E-state index < -0.39 is 11.9 Å². The minimum absolute atomic E-state index is 0.107. The van der Waals surface area contributed by atoms with Crippen LogP contribution in [0.25, 0.3) is 0 Å². The number of likely N-dealkylation sites (N-methyl/N-ethyl adjacent to an activating group) is 1. The van der Waals surface area contributed by atoms with E-state index in [1.807, 2.05) is 0 Å². The number of hydrazine groups is 1.